The topological polar surface area (TPSA) is 41.6 Å². The smallest absolute Gasteiger partial charge is 0.122 e. The van der Waals surface area contributed by atoms with Crippen LogP contribution in [-0.2, 0) is 0 Å². The van der Waals surface area contributed by atoms with E-state index in [1.807, 2.05) is 25.1 Å². The fourth-order valence-corrected chi connectivity index (χ4v) is 2.32. The van der Waals surface area contributed by atoms with Gasteiger partial charge in [0.25, 0.3) is 0 Å². The van der Waals surface area contributed by atoms with Gasteiger partial charge in [-0.2, -0.15) is 5.10 Å². The molecule has 0 aliphatic carbocycles. The van der Waals surface area contributed by atoms with Gasteiger partial charge in [0.1, 0.15) is 4.64 Å². The molecular formula is C15H13N3S. The number of pyridine rings is 1. The van der Waals surface area contributed by atoms with E-state index in [2.05, 4.69) is 34.2 Å². The van der Waals surface area contributed by atoms with Gasteiger partial charge in [-0.1, -0.05) is 24.4 Å². The lowest BCUT2D eigenvalue weighted by Gasteiger charge is -2.08. The second-order valence-corrected chi connectivity index (χ2v) is 4.97. The summed E-state index contributed by atoms with van der Waals surface area (Å²) < 4.78 is 0.698. The Morgan fingerprint density at radius 3 is 2.79 bits per heavy atom. The molecule has 0 atom stereocenters. The van der Waals surface area contributed by atoms with E-state index < -0.39 is 0 Å². The zero-order valence-corrected chi connectivity index (χ0v) is 11.6. The minimum Gasteiger partial charge on any atom is -0.267 e. The first-order chi connectivity index (χ1) is 9.16. The Balaban J connectivity index is 2.25. The third-order valence-electron chi connectivity index (χ3n) is 3.40. The summed E-state index contributed by atoms with van der Waals surface area (Å²) in [5, 5.41) is 8.38. The lowest BCUT2D eigenvalue weighted by atomic mass is 10.0. The minimum absolute atomic E-state index is 0.698. The van der Waals surface area contributed by atoms with Crippen molar-refractivity contribution in [3.63, 3.8) is 0 Å². The summed E-state index contributed by atoms with van der Waals surface area (Å²) in [6, 6.07) is 10.2. The van der Waals surface area contributed by atoms with Gasteiger partial charge in [-0.05, 0) is 43.2 Å². The van der Waals surface area contributed by atoms with Crippen LogP contribution in [0.15, 0.2) is 36.5 Å². The molecule has 19 heavy (non-hydrogen) atoms. The summed E-state index contributed by atoms with van der Waals surface area (Å²) in [5.41, 5.74) is 5.20. The Labute approximate surface area is 116 Å². The second kappa shape index (κ2) is 4.55. The van der Waals surface area contributed by atoms with Crippen molar-refractivity contribution in [1.29, 1.82) is 0 Å². The van der Waals surface area contributed by atoms with Gasteiger partial charge in [0.15, 0.2) is 0 Å². The highest BCUT2D eigenvalue weighted by atomic mass is 32.1. The zero-order valence-electron chi connectivity index (χ0n) is 10.8. The van der Waals surface area contributed by atoms with Crippen LogP contribution in [0.4, 0.5) is 0 Å². The molecule has 0 amide bonds. The Bertz CT molecular complexity index is 821. The number of benzene rings is 1. The van der Waals surface area contributed by atoms with Crippen LogP contribution in [0.1, 0.15) is 11.1 Å². The van der Waals surface area contributed by atoms with Crippen LogP contribution >= 0.6 is 12.2 Å². The molecule has 0 unspecified atom stereocenters. The van der Waals surface area contributed by atoms with Crippen molar-refractivity contribution in [2.45, 2.75) is 13.8 Å². The molecule has 2 aromatic heterocycles. The molecule has 3 nitrogen and oxygen atoms in total. The number of aromatic nitrogens is 3. The van der Waals surface area contributed by atoms with Gasteiger partial charge in [0.2, 0.25) is 0 Å². The lowest BCUT2D eigenvalue weighted by Crippen LogP contribution is -1.96. The van der Waals surface area contributed by atoms with Crippen LogP contribution in [0.25, 0.3) is 22.2 Å². The number of nitrogens with one attached hydrogen (secondary N) is 1. The molecule has 94 valence electrons. The summed E-state index contributed by atoms with van der Waals surface area (Å²) in [6.07, 6.45) is 1.80. The zero-order chi connectivity index (χ0) is 13.4. The monoisotopic (exact) mass is 267 g/mol. The van der Waals surface area contributed by atoms with Gasteiger partial charge < -0.3 is 0 Å². The third kappa shape index (κ3) is 2.04. The van der Waals surface area contributed by atoms with E-state index in [0.717, 1.165) is 33.3 Å². The van der Waals surface area contributed by atoms with Crippen LogP contribution in [-0.4, -0.2) is 15.2 Å². The largest absolute Gasteiger partial charge is 0.267 e. The highest BCUT2D eigenvalue weighted by Gasteiger charge is 2.08. The van der Waals surface area contributed by atoms with Crippen LogP contribution in [0.3, 0.4) is 0 Å². The molecule has 0 radical (unpaired) electrons. The first-order valence-corrected chi connectivity index (χ1v) is 6.48. The Morgan fingerprint density at radius 2 is 1.95 bits per heavy atom. The van der Waals surface area contributed by atoms with Crippen LogP contribution in [0.5, 0.6) is 0 Å². The number of hydrogen-bond donors (Lipinski definition) is 1. The van der Waals surface area contributed by atoms with Crippen molar-refractivity contribution in [2.75, 3.05) is 0 Å². The maximum atomic E-state index is 5.20. The van der Waals surface area contributed by atoms with Gasteiger partial charge >= 0.3 is 0 Å². The first-order valence-electron chi connectivity index (χ1n) is 6.08. The average molecular weight is 267 g/mol. The molecule has 0 aliphatic heterocycles. The SMILES string of the molecule is Cc1c(-c2ccc3ncccc3c2)n[nH]c(=S)c1C. The standard InChI is InChI=1S/C15H13N3S/c1-9-10(2)15(19)18-17-14(9)12-5-6-13-11(8-12)4-3-7-16-13/h3-8H,1-2H3,(H,18,19). The predicted molar refractivity (Wildman–Crippen MR) is 79.6 cm³/mol. The van der Waals surface area contributed by atoms with Crippen molar-refractivity contribution in [2.24, 2.45) is 0 Å². The Kier molecular flexibility index (Phi) is 2.87. The fraction of sp³-hybridized carbons (Fsp3) is 0.133. The number of nitrogens with zero attached hydrogens (tertiary/aromatic N) is 2. The first kappa shape index (κ1) is 12.0. The molecule has 2 heterocycles. The Morgan fingerprint density at radius 1 is 1.11 bits per heavy atom. The number of rotatable bonds is 1. The summed E-state index contributed by atoms with van der Waals surface area (Å²) in [5.74, 6) is 0. The van der Waals surface area contributed by atoms with Crippen molar-refractivity contribution < 1.29 is 0 Å². The van der Waals surface area contributed by atoms with Gasteiger partial charge in [-0.25, -0.2) is 0 Å². The number of aromatic amines is 1. The molecule has 0 saturated heterocycles. The minimum atomic E-state index is 0.698. The van der Waals surface area contributed by atoms with Gasteiger partial charge in [-0.15, -0.1) is 0 Å². The van der Waals surface area contributed by atoms with E-state index in [-0.39, 0.29) is 0 Å². The molecule has 0 fully saturated rings. The highest BCUT2D eigenvalue weighted by molar-refractivity contribution is 7.71. The van der Waals surface area contributed by atoms with E-state index in [1.165, 1.54) is 0 Å². The molecule has 0 bridgehead atoms. The maximum Gasteiger partial charge on any atom is 0.122 e. The number of fused-ring (bicyclic) bond motifs is 1. The molecule has 0 spiro atoms. The molecule has 4 heteroatoms. The summed E-state index contributed by atoms with van der Waals surface area (Å²) in [7, 11) is 0. The normalized spacial score (nSPS) is 10.8. The van der Waals surface area contributed by atoms with Crippen molar-refractivity contribution in [1.82, 2.24) is 15.2 Å². The second-order valence-electron chi connectivity index (χ2n) is 4.56. The molecule has 0 aliphatic rings. The quantitative estimate of drug-likeness (QED) is 0.678. The van der Waals surface area contributed by atoms with Crippen molar-refractivity contribution in [3.05, 3.63) is 52.3 Å². The van der Waals surface area contributed by atoms with E-state index in [4.69, 9.17) is 12.2 Å². The summed E-state index contributed by atoms with van der Waals surface area (Å²) in [4.78, 5) is 4.33. The maximum absolute atomic E-state index is 5.20. The van der Waals surface area contributed by atoms with Crippen molar-refractivity contribution in [3.8, 4) is 11.3 Å². The molecule has 1 N–H and O–H groups in total. The van der Waals surface area contributed by atoms with Gasteiger partial charge in [0, 0.05) is 17.1 Å². The van der Waals surface area contributed by atoms with Crippen LogP contribution in [0.2, 0.25) is 0 Å². The molecular weight excluding hydrogens is 254 g/mol. The van der Waals surface area contributed by atoms with E-state index in [9.17, 15) is 0 Å². The van der Waals surface area contributed by atoms with E-state index in [1.54, 1.807) is 6.20 Å². The molecule has 0 saturated carbocycles. The summed E-state index contributed by atoms with van der Waals surface area (Å²) in [6.45, 7) is 4.07. The average Bonchev–Trinajstić information content (AvgIpc) is 2.44. The Hall–Kier alpha value is -2.07. The number of hydrogen-bond acceptors (Lipinski definition) is 3. The molecule has 1 aromatic carbocycles. The third-order valence-corrected chi connectivity index (χ3v) is 3.80. The predicted octanol–water partition coefficient (Wildman–Crippen LogP) is 3.97. The van der Waals surface area contributed by atoms with E-state index >= 15 is 0 Å². The highest BCUT2D eigenvalue weighted by Crippen LogP contribution is 2.25. The molecule has 3 aromatic rings. The molecule has 3 rings (SSSR count). The summed E-state index contributed by atoms with van der Waals surface area (Å²) >= 11 is 5.20. The van der Waals surface area contributed by atoms with Gasteiger partial charge in [-0.3, -0.25) is 10.1 Å². The van der Waals surface area contributed by atoms with Crippen molar-refractivity contribution >= 4 is 23.1 Å². The lowest BCUT2D eigenvalue weighted by molar-refractivity contribution is 0.987. The van der Waals surface area contributed by atoms with E-state index in [0.29, 0.717) is 4.64 Å². The fourth-order valence-electron chi connectivity index (χ4n) is 2.13. The van der Waals surface area contributed by atoms with Crippen LogP contribution < -0.4 is 0 Å². The van der Waals surface area contributed by atoms with Gasteiger partial charge in [0.05, 0.1) is 11.2 Å². The van der Waals surface area contributed by atoms with Crippen LogP contribution in [0, 0.1) is 18.5 Å². The number of H-pyrrole nitrogens is 1.